The van der Waals surface area contributed by atoms with Crippen molar-refractivity contribution in [2.75, 3.05) is 0 Å². The first-order valence-electron chi connectivity index (χ1n) is 8.02. The number of halogens is 2. The monoisotopic (exact) mass is 488 g/mol. The Labute approximate surface area is 171 Å². The molecule has 0 aliphatic carbocycles. The second-order valence-corrected chi connectivity index (χ2v) is 8.95. The molecular weight excluding hydrogens is 476 g/mol. The molecule has 0 N–H and O–H groups in total. The maximum Gasteiger partial charge on any atom is 0.121 e. The molecule has 1 heterocycles. The molecule has 0 saturated carbocycles. The van der Waals surface area contributed by atoms with E-state index in [0.29, 0.717) is 6.61 Å². The summed E-state index contributed by atoms with van der Waals surface area (Å²) in [6.45, 7) is 0.487. The first-order chi connectivity index (χ1) is 12.6. The van der Waals surface area contributed by atoms with Gasteiger partial charge in [-0.3, -0.25) is 0 Å². The van der Waals surface area contributed by atoms with Crippen LogP contribution in [0.5, 0.6) is 5.75 Å². The lowest BCUT2D eigenvalue weighted by molar-refractivity contribution is 0.305. The van der Waals surface area contributed by atoms with E-state index in [2.05, 4.69) is 31.9 Å². The van der Waals surface area contributed by atoms with Crippen LogP contribution in [0.1, 0.15) is 16.7 Å². The van der Waals surface area contributed by atoms with E-state index >= 15 is 0 Å². The largest absolute Gasteiger partial charge is 0.489 e. The summed E-state index contributed by atoms with van der Waals surface area (Å²) in [6.07, 6.45) is 0. The van der Waals surface area contributed by atoms with Crippen molar-refractivity contribution < 1.29 is 8.95 Å². The van der Waals surface area contributed by atoms with Crippen LogP contribution in [0, 0.1) is 0 Å². The van der Waals surface area contributed by atoms with E-state index in [4.69, 9.17) is 4.74 Å². The van der Waals surface area contributed by atoms with Gasteiger partial charge in [0.1, 0.15) is 12.4 Å². The molecule has 3 aromatic rings. The first-order valence-corrected chi connectivity index (χ1v) is 10.8. The Morgan fingerprint density at radius 2 is 1.62 bits per heavy atom. The average Bonchev–Trinajstić information content (AvgIpc) is 2.92. The minimum absolute atomic E-state index is 0.487. The molecule has 130 valence electrons. The second kappa shape index (κ2) is 7.51. The molecule has 5 heteroatoms. The molecule has 1 atom stereocenters. The topological polar surface area (TPSA) is 26.3 Å². The molecule has 0 bridgehead atoms. The highest BCUT2D eigenvalue weighted by atomic mass is 79.9. The van der Waals surface area contributed by atoms with Crippen LogP contribution in [0.2, 0.25) is 0 Å². The lowest BCUT2D eigenvalue weighted by atomic mass is 10.1. The van der Waals surface area contributed by atoms with E-state index in [9.17, 15) is 4.21 Å². The molecule has 3 aromatic carbocycles. The molecule has 0 aromatic heterocycles. The van der Waals surface area contributed by atoms with Gasteiger partial charge in [0.2, 0.25) is 0 Å². The summed E-state index contributed by atoms with van der Waals surface area (Å²) in [5.74, 6) is 0.721. The van der Waals surface area contributed by atoms with Gasteiger partial charge in [-0.15, -0.1) is 0 Å². The molecule has 26 heavy (non-hydrogen) atoms. The molecule has 0 amide bonds. The maximum absolute atomic E-state index is 13.1. The Morgan fingerprint density at radius 3 is 2.35 bits per heavy atom. The fraction of sp³-hybridized carbons (Fsp3) is 0.0476. The van der Waals surface area contributed by atoms with Crippen molar-refractivity contribution >= 4 is 52.0 Å². The third kappa shape index (κ3) is 3.43. The van der Waals surface area contributed by atoms with Gasteiger partial charge in [-0.1, -0.05) is 58.4 Å². The summed E-state index contributed by atoms with van der Waals surface area (Å²) in [7, 11) is -1.24. The van der Waals surface area contributed by atoms with E-state index in [-0.39, 0.29) is 0 Å². The zero-order chi connectivity index (χ0) is 18.1. The van der Waals surface area contributed by atoms with E-state index in [1.807, 2.05) is 72.8 Å². The number of ether oxygens (including phenoxy) is 1. The Bertz CT molecular complexity index is 1010. The predicted octanol–water partition coefficient (Wildman–Crippen LogP) is 6.37. The Hall–Kier alpha value is -1.69. The van der Waals surface area contributed by atoms with Crippen molar-refractivity contribution in [3.05, 3.63) is 94.0 Å². The van der Waals surface area contributed by atoms with Crippen molar-refractivity contribution in [2.24, 2.45) is 0 Å². The fourth-order valence-electron chi connectivity index (χ4n) is 2.82. The normalized spacial score (nSPS) is 15.8. The smallest absolute Gasteiger partial charge is 0.121 e. The van der Waals surface area contributed by atoms with Crippen LogP contribution in [-0.4, -0.2) is 4.21 Å². The number of benzene rings is 3. The molecule has 1 aliphatic heterocycles. The van der Waals surface area contributed by atoms with Gasteiger partial charge in [0.05, 0.1) is 20.6 Å². The molecule has 0 radical (unpaired) electrons. The Kier molecular flexibility index (Phi) is 5.11. The quantitative estimate of drug-likeness (QED) is 0.425. The van der Waals surface area contributed by atoms with Crippen LogP contribution in [0.3, 0.4) is 0 Å². The average molecular weight is 490 g/mol. The van der Waals surface area contributed by atoms with Crippen molar-refractivity contribution in [1.82, 2.24) is 0 Å². The lowest BCUT2D eigenvalue weighted by Crippen LogP contribution is -1.97. The van der Waals surface area contributed by atoms with Gasteiger partial charge >= 0.3 is 0 Å². The van der Waals surface area contributed by atoms with E-state index in [1.165, 1.54) is 0 Å². The van der Waals surface area contributed by atoms with Gasteiger partial charge < -0.3 is 4.74 Å². The van der Waals surface area contributed by atoms with E-state index in [1.54, 1.807) is 0 Å². The first kappa shape index (κ1) is 17.7. The number of hydrogen-bond acceptors (Lipinski definition) is 2. The number of rotatable bonds is 4. The SMILES string of the molecule is O=S1C(c2ccc(Br)cc2)=C(Br)c2ccc(OCc3ccccc3)cc21. The van der Waals surface area contributed by atoms with Gasteiger partial charge in [-0.25, -0.2) is 4.21 Å². The minimum Gasteiger partial charge on any atom is -0.489 e. The van der Waals surface area contributed by atoms with Gasteiger partial charge in [0.15, 0.2) is 0 Å². The third-order valence-corrected chi connectivity index (χ3v) is 7.29. The zero-order valence-electron chi connectivity index (χ0n) is 13.6. The van der Waals surface area contributed by atoms with Crippen LogP contribution in [-0.2, 0) is 17.4 Å². The molecule has 4 rings (SSSR count). The van der Waals surface area contributed by atoms with Crippen LogP contribution in [0.4, 0.5) is 0 Å². The maximum atomic E-state index is 13.1. The predicted molar refractivity (Wildman–Crippen MR) is 114 cm³/mol. The summed E-state index contributed by atoms with van der Waals surface area (Å²) in [4.78, 5) is 1.58. The molecule has 0 fully saturated rings. The lowest BCUT2D eigenvalue weighted by Gasteiger charge is -2.08. The number of fused-ring (bicyclic) bond motifs is 1. The second-order valence-electron chi connectivity index (χ2n) is 5.85. The van der Waals surface area contributed by atoms with Gasteiger partial charge in [-0.05, 0) is 57.4 Å². The standard InChI is InChI=1S/C21H14Br2O2S/c22-16-8-6-15(7-9-16)21-20(23)18-11-10-17(12-19(18)26(21)24)25-13-14-4-2-1-3-5-14/h1-12H,13H2. The summed E-state index contributed by atoms with van der Waals surface area (Å²) in [5.41, 5.74) is 3.00. The fourth-order valence-corrected chi connectivity index (χ4v) is 5.66. The van der Waals surface area contributed by atoms with Gasteiger partial charge in [0, 0.05) is 14.5 Å². The van der Waals surface area contributed by atoms with Crippen molar-refractivity contribution in [2.45, 2.75) is 11.5 Å². The third-order valence-electron chi connectivity index (χ3n) is 4.13. The summed E-state index contributed by atoms with van der Waals surface area (Å²) >= 11 is 7.07. The summed E-state index contributed by atoms with van der Waals surface area (Å²) < 4.78 is 20.8. The molecule has 1 unspecified atom stereocenters. The molecule has 0 saturated heterocycles. The van der Waals surface area contributed by atoms with Gasteiger partial charge in [0.25, 0.3) is 0 Å². The van der Waals surface area contributed by atoms with E-state index < -0.39 is 10.8 Å². The molecule has 1 aliphatic rings. The molecular formula is C21H14Br2O2S. The molecule has 0 spiro atoms. The van der Waals surface area contributed by atoms with Gasteiger partial charge in [-0.2, -0.15) is 0 Å². The van der Waals surface area contributed by atoms with Crippen LogP contribution >= 0.6 is 31.9 Å². The van der Waals surface area contributed by atoms with Crippen LogP contribution in [0.15, 0.2) is 82.2 Å². The molecule has 2 nitrogen and oxygen atoms in total. The minimum atomic E-state index is -1.24. The van der Waals surface area contributed by atoms with Crippen LogP contribution < -0.4 is 4.74 Å². The highest BCUT2D eigenvalue weighted by Gasteiger charge is 2.28. The summed E-state index contributed by atoms with van der Waals surface area (Å²) in [5, 5.41) is 0. The van der Waals surface area contributed by atoms with Crippen LogP contribution in [0.25, 0.3) is 9.39 Å². The number of hydrogen-bond donors (Lipinski definition) is 0. The highest BCUT2D eigenvalue weighted by molar-refractivity contribution is 9.15. The zero-order valence-corrected chi connectivity index (χ0v) is 17.6. The van der Waals surface area contributed by atoms with Crippen molar-refractivity contribution in [3.63, 3.8) is 0 Å². The summed E-state index contributed by atoms with van der Waals surface area (Å²) in [6, 6.07) is 23.6. The van der Waals surface area contributed by atoms with Crippen molar-refractivity contribution in [1.29, 1.82) is 0 Å². The van der Waals surface area contributed by atoms with E-state index in [0.717, 1.165) is 41.2 Å². The Morgan fingerprint density at radius 1 is 0.885 bits per heavy atom. The Balaban J connectivity index is 1.60. The highest BCUT2D eigenvalue weighted by Crippen LogP contribution is 2.46. The van der Waals surface area contributed by atoms with Crippen molar-refractivity contribution in [3.8, 4) is 5.75 Å².